The highest BCUT2D eigenvalue weighted by atomic mass is 35.5. The Morgan fingerprint density at radius 2 is 1.55 bits per heavy atom. The molecule has 0 aromatic rings. The first-order valence-electron chi connectivity index (χ1n) is 2.20. The molecule has 0 atom stereocenters. The van der Waals surface area contributed by atoms with Crippen molar-refractivity contribution in [2.45, 2.75) is 6.18 Å². The molecule has 58 valence electrons. The van der Waals surface area contributed by atoms with Gasteiger partial charge in [-0.3, -0.25) is 0 Å². The van der Waals surface area contributed by atoms with Crippen LogP contribution in [0.5, 0.6) is 0 Å². The van der Waals surface area contributed by atoms with E-state index in [0.29, 0.717) is 0 Å². The Bertz CT molecular complexity index is 249. The van der Waals surface area contributed by atoms with Gasteiger partial charge in [0.25, 0.3) is 0 Å². The minimum absolute atomic E-state index is 1.02. The van der Waals surface area contributed by atoms with E-state index in [2.05, 4.69) is 11.6 Å². The van der Waals surface area contributed by atoms with Crippen molar-refractivity contribution in [2.24, 2.45) is 0 Å². The Hall–Kier alpha value is -1.20. The number of halogens is 4. The molecule has 0 bridgehead atoms. The average molecular weight is 181 g/mol. The first-order valence-corrected chi connectivity index (χ1v) is 2.58. The molecule has 0 aliphatic rings. The second-order valence-electron chi connectivity index (χ2n) is 1.41. The summed E-state index contributed by atoms with van der Waals surface area (Å²) < 4.78 is 34.7. The predicted octanol–water partition coefficient (Wildman–Crippen LogP) is 2.09. The van der Waals surface area contributed by atoms with Crippen LogP contribution in [-0.4, -0.2) is 6.18 Å². The fourth-order valence-electron chi connectivity index (χ4n) is 0.265. The summed E-state index contributed by atoms with van der Waals surface area (Å²) in [5, 5.41) is 14.2. The van der Waals surface area contributed by atoms with Gasteiger partial charge in [0.2, 0.25) is 0 Å². The maximum absolute atomic E-state index is 11.6. The molecular formula is C5ClF3N2. The van der Waals surface area contributed by atoms with Crippen molar-refractivity contribution >= 4 is 11.6 Å². The van der Waals surface area contributed by atoms with Gasteiger partial charge in [-0.05, 0) is 0 Å². The third-order valence-electron chi connectivity index (χ3n) is 0.692. The number of allylic oxidation sites excluding steroid dienone is 2. The Balaban J connectivity index is 5.01. The second-order valence-corrected chi connectivity index (χ2v) is 1.79. The van der Waals surface area contributed by atoms with Gasteiger partial charge in [-0.1, -0.05) is 11.6 Å². The van der Waals surface area contributed by atoms with E-state index < -0.39 is 16.8 Å². The van der Waals surface area contributed by atoms with E-state index in [9.17, 15) is 13.2 Å². The zero-order chi connectivity index (χ0) is 9.07. The lowest BCUT2D eigenvalue weighted by atomic mass is 10.3. The van der Waals surface area contributed by atoms with Gasteiger partial charge in [0, 0.05) is 0 Å². The Labute approximate surface area is 65.1 Å². The molecule has 0 rings (SSSR count). The highest BCUT2D eigenvalue weighted by molar-refractivity contribution is 6.31. The zero-order valence-corrected chi connectivity index (χ0v) is 5.66. The molecule has 0 heterocycles. The first-order chi connectivity index (χ1) is 4.93. The van der Waals surface area contributed by atoms with Gasteiger partial charge in [-0.2, -0.15) is 23.7 Å². The molecule has 0 aliphatic heterocycles. The van der Waals surface area contributed by atoms with Gasteiger partial charge in [-0.25, -0.2) is 0 Å². The van der Waals surface area contributed by atoms with E-state index in [1.807, 2.05) is 0 Å². The number of hydrogen-bond acceptors (Lipinski definition) is 2. The number of hydrogen-bond donors (Lipinski definition) is 0. The summed E-state index contributed by atoms with van der Waals surface area (Å²) in [4.78, 5) is 0. The van der Waals surface area contributed by atoms with Crippen molar-refractivity contribution in [3.05, 3.63) is 10.6 Å². The molecule has 0 fully saturated rings. The van der Waals surface area contributed by atoms with Gasteiger partial charge in [0.15, 0.2) is 5.57 Å². The van der Waals surface area contributed by atoms with Crippen molar-refractivity contribution in [2.75, 3.05) is 0 Å². The van der Waals surface area contributed by atoms with Crippen molar-refractivity contribution in [3.63, 3.8) is 0 Å². The van der Waals surface area contributed by atoms with E-state index in [-0.39, 0.29) is 0 Å². The molecule has 6 heteroatoms. The highest BCUT2D eigenvalue weighted by Gasteiger charge is 2.35. The third-order valence-corrected chi connectivity index (χ3v) is 1.10. The molecule has 0 unspecified atom stereocenters. The Morgan fingerprint density at radius 1 is 1.18 bits per heavy atom. The molecule has 0 N–H and O–H groups in total. The maximum Gasteiger partial charge on any atom is 0.428 e. The van der Waals surface area contributed by atoms with E-state index >= 15 is 0 Å². The highest BCUT2D eigenvalue weighted by Crippen LogP contribution is 2.30. The molecule has 0 amide bonds. The van der Waals surface area contributed by atoms with E-state index in [0.717, 1.165) is 12.1 Å². The maximum atomic E-state index is 11.6. The van der Waals surface area contributed by atoms with Crippen LogP contribution < -0.4 is 0 Å². The monoisotopic (exact) mass is 180 g/mol. The van der Waals surface area contributed by atoms with Crippen LogP contribution in [0.3, 0.4) is 0 Å². The fraction of sp³-hybridized carbons (Fsp3) is 0.200. The van der Waals surface area contributed by atoms with E-state index in [4.69, 9.17) is 10.5 Å². The zero-order valence-electron chi connectivity index (χ0n) is 4.91. The van der Waals surface area contributed by atoms with Crippen LogP contribution >= 0.6 is 11.6 Å². The lowest BCUT2D eigenvalue weighted by Crippen LogP contribution is -2.08. The van der Waals surface area contributed by atoms with E-state index in [1.54, 1.807) is 0 Å². The normalized spacial score (nSPS) is 9.64. The van der Waals surface area contributed by atoms with Crippen LogP contribution in [0.25, 0.3) is 0 Å². The molecule has 0 spiro atoms. The number of alkyl halides is 3. The SMILES string of the molecule is N#CC(C#N)=C(Cl)C(F)(F)F. The summed E-state index contributed by atoms with van der Waals surface area (Å²) in [5.74, 6) is 0. The quantitative estimate of drug-likeness (QED) is 0.536. The summed E-state index contributed by atoms with van der Waals surface area (Å²) in [5.41, 5.74) is -1.13. The van der Waals surface area contributed by atoms with Gasteiger partial charge < -0.3 is 0 Å². The summed E-state index contributed by atoms with van der Waals surface area (Å²) in [6.07, 6.45) is -4.82. The summed E-state index contributed by atoms with van der Waals surface area (Å²) in [7, 11) is 0. The topological polar surface area (TPSA) is 47.6 Å². The Morgan fingerprint density at radius 3 is 1.64 bits per heavy atom. The van der Waals surface area contributed by atoms with Crippen LogP contribution in [0, 0.1) is 22.7 Å². The standard InChI is InChI=1S/C5ClF3N2/c6-4(5(7,8)9)3(1-10)2-11. The average Bonchev–Trinajstić information content (AvgIpc) is 1.88. The van der Waals surface area contributed by atoms with Gasteiger partial charge in [0.1, 0.15) is 17.2 Å². The van der Waals surface area contributed by atoms with Crippen LogP contribution in [0.1, 0.15) is 0 Å². The molecule has 2 nitrogen and oxygen atoms in total. The molecule has 0 radical (unpaired) electrons. The van der Waals surface area contributed by atoms with Gasteiger partial charge >= 0.3 is 6.18 Å². The van der Waals surface area contributed by atoms with Gasteiger partial charge in [0.05, 0.1) is 0 Å². The first kappa shape index (κ1) is 9.80. The largest absolute Gasteiger partial charge is 0.428 e. The third kappa shape index (κ3) is 2.48. The van der Waals surface area contributed by atoms with E-state index in [1.165, 1.54) is 0 Å². The van der Waals surface area contributed by atoms with Crippen molar-refractivity contribution in [1.29, 1.82) is 10.5 Å². The van der Waals surface area contributed by atoms with Crippen molar-refractivity contribution < 1.29 is 13.2 Å². The smallest absolute Gasteiger partial charge is 0.192 e. The van der Waals surface area contributed by atoms with Crippen LogP contribution in [0.15, 0.2) is 10.6 Å². The lowest BCUT2D eigenvalue weighted by Gasteiger charge is -2.02. The van der Waals surface area contributed by atoms with Crippen molar-refractivity contribution in [3.8, 4) is 12.1 Å². The molecule has 0 saturated carbocycles. The predicted molar refractivity (Wildman–Crippen MR) is 30.2 cm³/mol. The molecule has 11 heavy (non-hydrogen) atoms. The number of rotatable bonds is 0. The minimum atomic E-state index is -4.82. The Kier molecular flexibility index (Phi) is 2.91. The number of nitrogens with zero attached hydrogens (tertiary/aromatic N) is 2. The molecule has 0 aliphatic carbocycles. The van der Waals surface area contributed by atoms with Crippen molar-refractivity contribution in [1.82, 2.24) is 0 Å². The summed E-state index contributed by atoms with van der Waals surface area (Å²) >= 11 is 4.63. The van der Waals surface area contributed by atoms with Gasteiger partial charge in [-0.15, -0.1) is 0 Å². The van der Waals surface area contributed by atoms with Crippen LogP contribution in [-0.2, 0) is 0 Å². The molecular weight excluding hydrogens is 181 g/mol. The van der Waals surface area contributed by atoms with Crippen LogP contribution in [0.2, 0.25) is 0 Å². The lowest BCUT2D eigenvalue weighted by molar-refractivity contribution is -0.0848. The summed E-state index contributed by atoms with van der Waals surface area (Å²) in [6, 6.07) is 2.05. The molecule has 0 aromatic carbocycles. The number of nitriles is 2. The molecule has 0 aromatic heterocycles. The summed E-state index contributed by atoms with van der Waals surface area (Å²) in [6.45, 7) is 0. The second kappa shape index (κ2) is 3.27. The van der Waals surface area contributed by atoms with Crippen LogP contribution in [0.4, 0.5) is 13.2 Å². The minimum Gasteiger partial charge on any atom is -0.192 e. The molecule has 0 saturated heterocycles. The fourth-order valence-corrected chi connectivity index (χ4v) is 0.349.